The molecular formula is C16H12N4. The van der Waals surface area contributed by atoms with Crippen LogP contribution in [0.1, 0.15) is 0 Å². The van der Waals surface area contributed by atoms with Crippen LogP contribution in [0.4, 0.5) is 0 Å². The first-order valence-corrected chi connectivity index (χ1v) is 6.45. The Morgan fingerprint density at radius 3 is 2.75 bits per heavy atom. The highest BCUT2D eigenvalue weighted by Crippen LogP contribution is 2.22. The minimum Gasteiger partial charge on any atom is -0.346 e. The van der Waals surface area contributed by atoms with Crippen LogP contribution >= 0.6 is 0 Å². The number of fused-ring (bicyclic) bond motifs is 1. The molecule has 4 heteroatoms. The minimum absolute atomic E-state index is 0.874. The molecule has 20 heavy (non-hydrogen) atoms. The maximum Gasteiger partial charge on any atom is 0.139 e. The molecule has 1 aromatic carbocycles. The number of aromatic amines is 1. The summed E-state index contributed by atoms with van der Waals surface area (Å²) in [7, 11) is 0. The first kappa shape index (κ1) is 11.0. The third-order valence-corrected chi connectivity index (χ3v) is 3.34. The summed E-state index contributed by atoms with van der Waals surface area (Å²) in [4.78, 5) is 7.41. The predicted octanol–water partition coefficient (Wildman–Crippen LogP) is 3.42. The van der Waals surface area contributed by atoms with Crippen molar-refractivity contribution < 1.29 is 0 Å². The third kappa shape index (κ3) is 1.70. The van der Waals surface area contributed by atoms with E-state index in [-0.39, 0.29) is 0 Å². The second-order valence-electron chi connectivity index (χ2n) is 4.58. The Morgan fingerprint density at radius 1 is 0.950 bits per heavy atom. The van der Waals surface area contributed by atoms with Crippen molar-refractivity contribution in [1.29, 1.82) is 0 Å². The fourth-order valence-electron chi connectivity index (χ4n) is 2.37. The average molecular weight is 260 g/mol. The molecular weight excluding hydrogens is 248 g/mol. The van der Waals surface area contributed by atoms with Gasteiger partial charge in [-0.2, -0.15) is 5.10 Å². The van der Waals surface area contributed by atoms with E-state index in [2.05, 4.69) is 27.2 Å². The van der Waals surface area contributed by atoms with Gasteiger partial charge in [0.05, 0.1) is 11.4 Å². The van der Waals surface area contributed by atoms with E-state index in [1.54, 1.807) is 6.20 Å². The van der Waals surface area contributed by atoms with E-state index < -0.39 is 0 Å². The van der Waals surface area contributed by atoms with Gasteiger partial charge in [-0.3, -0.25) is 0 Å². The van der Waals surface area contributed by atoms with Crippen molar-refractivity contribution in [2.24, 2.45) is 0 Å². The summed E-state index contributed by atoms with van der Waals surface area (Å²) < 4.78 is 1.89. The van der Waals surface area contributed by atoms with E-state index in [0.717, 1.165) is 28.0 Å². The van der Waals surface area contributed by atoms with Crippen molar-refractivity contribution in [2.75, 3.05) is 0 Å². The summed E-state index contributed by atoms with van der Waals surface area (Å²) in [6, 6.07) is 16.2. The van der Waals surface area contributed by atoms with Crippen LogP contribution in [-0.2, 0) is 0 Å². The average Bonchev–Trinajstić information content (AvgIpc) is 3.17. The largest absolute Gasteiger partial charge is 0.346 e. The zero-order valence-electron chi connectivity index (χ0n) is 10.7. The van der Waals surface area contributed by atoms with Crippen LogP contribution in [0, 0.1) is 0 Å². The number of aromatic nitrogens is 4. The Balaban J connectivity index is 1.84. The van der Waals surface area contributed by atoms with Gasteiger partial charge in [-0.1, -0.05) is 30.3 Å². The molecule has 1 N–H and O–H groups in total. The maximum absolute atomic E-state index is 4.66. The fourth-order valence-corrected chi connectivity index (χ4v) is 2.37. The molecule has 0 saturated heterocycles. The number of benzene rings is 1. The van der Waals surface area contributed by atoms with Gasteiger partial charge in [-0.25, -0.2) is 9.67 Å². The van der Waals surface area contributed by atoms with E-state index in [1.807, 2.05) is 53.5 Å². The lowest BCUT2D eigenvalue weighted by atomic mass is 10.2. The molecule has 0 atom stereocenters. The molecule has 0 aliphatic carbocycles. The Hall–Kier alpha value is -2.88. The van der Waals surface area contributed by atoms with E-state index >= 15 is 0 Å². The number of H-pyrrole nitrogens is 1. The maximum atomic E-state index is 4.66. The second kappa shape index (κ2) is 4.35. The number of pyridine rings is 1. The van der Waals surface area contributed by atoms with E-state index in [9.17, 15) is 0 Å². The van der Waals surface area contributed by atoms with Crippen molar-refractivity contribution in [3.8, 4) is 16.9 Å². The number of rotatable bonds is 2. The van der Waals surface area contributed by atoms with Gasteiger partial charge in [-0.15, -0.1) is 0 Å². The van der Waals surface area contributed by atoms with Crippen molar-refractivity contribution in [2.45, 2.75) is 0 Å². The normalized spacial score (nSPS) is 11.0. The molecule has 0 amide bonds. The van der Waals surface area contributed by atoms with Crippen molar-refractivity contribution in [3.05, 3.63) is 67.1 Å². The van der Waals surface area contributed by atoms with Crippen LogP contribution in [-0.4, -0.2) is 19.7 Å². The summed E-state index contributed by atoms with van der Waals surface area (Å²) in [5.41, 5.74) is 3.98. The molecule has 3 aromatic heterocycles. The summed E-state index contributed by atoms with van der Waals surface area (Å²) in [5.74, 6) is 0. The molecule has 4 aromatic rings. The molecule has 0 saturated carbocycles. The highest BCUT2D eigenvalue weighted by molar-refractivity contribution is 5.84. The molecule has 0 unspecified atom stereocenters. The Labute approximate surface area is 115 Å². The van der Waals surface area contributed by atoms with Crippen LogP contribution in [0.25, 0.3) is 28.0 Å². The smallest absolute Gasteiger partial charge is 0.139 e. The van der Waals surface area contributed by atoms with E-state index in [4.69, 9.17) is 0 Å². The van der Waals surface area contributed by atoms with Crippen molar-refractivity contribution in [1.82, 2.24) is 19.7 Å². The molecule has 0 aliphatic rings. The van der Waals surface area contributed by atoms with Gasteiger partial charge in [0.2, 0.25) is 0 Å². The summed E-state index contributed by atoms with van der Waals surface area (Å²) >= 11 is 0. The molecule has 4 rings (SSSR count). The molecule has 0 spiro atoms. The lowest BCUT2D eigenvalue weighted by molar-refractivity contribution is 0.890. The molecule has 0 radical (unpaired) electrons. The summed E-state index contributed by atoms with van der Waals surface area (Å²) in [6.07, 6.45) is 5.66. The van der Waals surface area contributed by atoms with Gasteiger partial charge in [0.1, 0.15) is 5.65 Å². The highest BCUT2D eigenvalue weighted by Gasteiger charge is 2.07. The minimum atomic E-state index is 0.874. The fraction of sp³-hybridized carbons (Fsp3) is 0. The number of hydrogen-bond acceptors (Lipinski definition) is 2. The zero-order chi connectivity index (χ0) is 13.4. The van der Waals surface area contributed by atoms with E-state index in [1.165, 1.54) is 0 Å². The van der Waals surface area contributed by atoms with Gasteiger partial charge in [0, 0.05) is 29.5 Å². The first-order valence-electron chi connectivity index (χ1n) is 6.45. The molecule has 0 bridgehead atoms. The zero-order valence-corrected chi connectivity index (χ0v) is 10.7. The Kier molecular flexibility index (Phi) is 2.39. The predicted molar refractivity (Wildman–Crippen MR) is 78.7 cm³/mol. The second-order valence-corrected chi connectivity index (χ2v) is 4.58. The van der Waals surface area contributed by atoms with E-state index in [0.29, 0.717) is 0 Å². The van der Waals surface area contributed by atoms with Crippen LogP contribution in [0.5, 0.6) is 0 Å². The number of nitrogens with one attached hydrogen (secondary N) is 1. The Bertz CT molecular complexity index is 858. The van der Waals surface area contributed by atoms with Gasteiger partial charge < -0.3 is 4.98 Å². The van der Waals surface area contributed by atoms with Crippen LogP contribution in [0.15, 0.2) is 67.1 Å². The topological polar surface area (TPSA) is 46.5 Å². The molecule has 4 nitrogen and oxygen atoms in total. The molecule has 96 valence electrons. The van der Waals surface area contributed by atoms with Crippen LogP contribution < -0.4 is 0 Å². The van der Waals surface area contributed by atoms with Gasteiger partial charge in [0.15, 0.2) is 0 Å². The van der Waals surface area contributed by atoms with Gasteiger partial charge in [0.25, 0.3) is 0 Å². The van der Waals surface area contributed by atoms with Gasteiger partial charge >= 0.3 is 0 Å². The summed E-state index contributed by atoms with van der Waals surface area (Å²) in [5, 5.41) is 5.72. The quantitative estimate of drug-likeness (QED) is 0.600. The van der Waals surface area contributed by atoms with Crippen molar-refractivity contribution in [3.63, 3.8) is 0 Å². The summed E-state index contributed by atoms with van der Waals surface area (Å²) in [6.45, 7) is 0. The highest BCUT2D eigenvalue weighted by atomic mass is 15.3. The SMILES string of the molecule is c1ccc(-c2ccn(-c3ccnc4[nH]ccc34)n2)cc1. The lowest BCUT2D eigenvalue weighted by Crippen LogP contribution is -1.96. The monoisotopic (exact) mass is 260 g/mol. The molecule has 0 aliphatic heterocycles. The Morgan fingerprint density at radius 2 is 1.85 bits per heavy atom. The molecule has 0 fully saturated rings. The van der Waals surface area contributed by atoms with Gasteiger partial charge in [-0.05, 0) is 18.2 Å². The standard InChI is InChI=1S/C16H12N4/c1-2-4-12(5-3-1)14-8-11-20(19-14)15-7-10-18-16-13(15)6-9-17-16/h1-11H,(H,17,18). The first-order chi connectivity index (χ1) is 9.92. The number of nitrogens with zero attached hydrogens (tertiary/aromatic N) is 3. The van der Waals surface area contributed by atoms with Crippen LogP contribution in [0.2, 0.25) is 0 Å². The number of hydrogen-bond donors (Lipinski definition) is 1. The lowest BCUT2D eigenvalue weighted by Gasteiger charge is -2.02. The van der Waals surface area contributed by atoms with Crippen LogP contribution in [0.3, 0.4) is 0 Å². The van der Waals surface area contributed by atoms with Crippen molar-refractivity contribution >= 4 is 11.0 Å². The molecule has 3 heterocycles. The third-order valence-electron chi connectivity index (χ3n) is 3.34.